The predicted octanol–water partition coefficient (Wildman–Crippen LogP) is 2.63. The molecule has 1 aliphatic carbocycles. The van der Waals surface area contributed by atoms with Crippen molar-refractivity contribution in [3.63, 3.8) is 0 Å². The number of aromatic nitrogens is 3. The molecule has 0 bridgehead atoms. The van der Waals surface area contributed by atoms with Gasteiger partial charge in [0.15, 0.2) is 0 Å². The minimum Gasteiger partial charge on any atom is -0.338 e. The Morgan fingerprint density at radius 1 is 1.45 bits per heavy atom. The summed E-state index contributed by atoms with van der Waals surface area (Å²) in [4.78, 5) is 22.7. The van der Waals surface area contributed by atoms with Crippen molar-refractivity contribution >= 4 is 5.91 Å². The Kier molecular flexibility index (Phi) is 5.52. The van der Waals surface area contributed by atoms with Crippen molar-refractivity contribution in [2.75, 3.05) is 13.1 Å². The van der Waals surface area contributed by atoms with Crippen molar-refractivity contribution in [2.24, 2.45) is 5.41 Å². The number of nitrogens with one attached hydrogen (secondary N) is 1. The molecule has 1 saturated carbocycles. The van der Waals surface area contributed by atoms with Gasteiger partial charge in [0.05, 0.1) is 24.6 Å². The first-order valence-corrected chi connectivity index (χ1v) is 10.6. The van der Waals surface area contributed by atoms with E-state index in [9.17, 15) is 14.4 Å². The molecule has 9 heteroatoms. The van der Waals surface area contributed by atoms with Gasteiger partial charge in [-0.05, 0) is 30.4 Å². The molecule has 1 aliphatic heterocycles. The third-order valence-electron chi connectivity index (χ3n) is 7.26. The topological polar surface area (TPSA) is 108 Å². The maximum absolute atomic E-state index is 13.7. The smallest absolute Gasteiger partial charge is 0.237 e. The van der Waals surface area contributed by atoms with E-state index in [4.69, 9.17) is 4.52 Å². The highest BCUT2D eigenvalue weighted by Crippen LogP contribution is 2.53. The van der Waals surface area contributed by atoms with E-state index >= 15 is 0 Å². The fourth-order valence-corrected chi connectivity index (χ4v) is 4.79. The Hall–Kier alpha value is -2.86. The van der Waals surface area contributed by atoms with E-state index in [-0.39, 0.29) is 42.3 Å². The van der Waals surface area contributed by atoms with Gasteiger partial charge in [-0.25, -0.2) is 4.39 Å². The van der Waals surface area contributed by atoms with Crippen LogP contribution in [0.15, 0.2) is 29.0 Å². The fraction of sp³-hybridized carbons (Fsp3) is 0.591. The first-order valence-electron chi connectivity index (χ1n) is 10.6. The van der Waals surface area contributed by atoms with Gasteiger partial charge >= 0.3 is 0 Å². The molecule has 1 amide bonds. The Bertz CT molecular complexity index is 987. The zero-order valence-corrected chi connectivity index (χ0v) is 18.0. The molecule has 0 spiro atoms. The average molecular weight is 426 g/mol. The number of alkyl halides is 1. The SMILES string of the molecule is CC1(C)[C@@H](NCC(=O)N2C[C@@H](F)C[C@H]2C#N)CC[C@@]1(C)c1nc(-c2cccnc2)no1. The molecule has 164 valence electrons. The molecule has 8 nitrogen and oxygen atoms in total. The van der Waals surface area contributed by atoms with Crippen molar-refractivity contribution in [3.8, 4) is 17.5 Å². The van der Waals surface area contributed by atoms with Crippen molar-refractivity contribution in [2.45, 2.75) is 63.7 Å². The molecule has 1 saturated heterocycles. The van der Waals surface area contributed by atoms with E-state index in [2.05, 4.69) is 41.2 Å². The van der Waals surface area contributed by atoms with Crippen LogP contribution in [0.5, 0.6) is 0 Å². The largest absolute Gasteiger partial charge is 0.338 e. The molecule has 4 rings (SSSR count). The number of rotatable bonds is 5. The highest BCUT2D eigenvalue weighted by atomic mass is 19.1. The molecule has 2 aromatic heterocycles. The van der Waals surface area contributed by atoms with Crippen LogP contribution in [0.25, 0.3) is 11.4 Å². The predicted molar refractivity (Wildman–Crippen MR) is 110 cm³/mol. The quantitative estimate of drug-likeness (QED) is 0.783. The molecule has 1 N–H and O–H groups in total. The van der Waals surface area contributed by atoms with Gasteiger partial charge in [0.1, 0.15) is 12.2 Å². The first kappa shape index (κ1) is 21.4. The van der Waals surface area contributed by atoms with Crippen molar-refractivity contribution in [3.05, 3.63) is 30.4 Å². The maximum Gasteiger partial charge on any atom is 0.237 e. The standard InChI is InChI=1S/C22H27FN6O2/c1-21(2)17(26-12-18(30)29-13-15(23)9-16(29)10-24)6-7-22(21,3)20-27-19(28-31-20)14-5-4-8-25-11-14/h4-5,8,11,15-17,26H,6-7,9,12-13H2,1-3H3/t15-,16-,17-,22-/m0/s1. The highest BCUT2D eigenvalue weighted by Gasteiger charge is 2.55. The lowest BCUT2D eigenvalue weighted by Crippen LogP contribution is -2.50. The summed E-state index contributed by atoms with van der Waals surface area (Å²) in [5.74, 6) is 0.827. The van der Waals surface area contributed by atoms with Gasteiger partial charge < -0.3 is 14.7 Å². The van der Waals surface area contributed by atoms with Gasteiger partial charge in [-0.2, -0.15) is 10.2 Å². The summed E-state index contributed by atoms with van der Waals surface area (Å²) >= 11 is 0. The van der Waals surface area contributed by atoms with Crippen LogP contribution in [-0.4, -0.2) is 57.3 Å². The number of pyridine rings is 1. The van der Waals surface area contributed by atoms with Gasteiger partial charge in [-0.1, -0.05) is 25.9 Å². The second-order valence-corrected chi connectivity index (χ2v) is 9.21. The molecule has 0 radical (unpaired) electrons. The summed E-state index contributed by atoms with van der Waals surface area (Å²) in [7, 11) is 0. The molecular formula is C22H27FN6O2. The molecule has 2 fully saturated rings. The minimum absolute atomic E-state index is 0.0103. The number of carbonyl (C=O) groups excluding carboxylic acids is 1. The van der Waals surface area contributed by atoms with Gasteiger partial charge in [0.2, 0.25) is 17.6 Å². The second-order valence-electron chi connectivity index (χ2n) is 9.21. The zero-order chi connectivity index (χ0) is 22.2. The van der Waals surface area contributed by atoms with E-state index in [0.29, 0.717) is 11.7 Å². The van der Waals surface area contributed by atoms with Crippen LogP contribution in [0.3, 0.4) is 0 Å². The van der Waals surface area contributed by atoms with E-state index in [1.807, 2.05) is 18.2 Å². The number of amides is 1. The molecule has 2 aliphatic rings. The van der Waals surface area contributed by atoms with Crippen LogP contribution in [0, 0.1) is 16.7 Å². The number of halogens is 1. The normalized spacial score (nSPS) is 29.8. The van der Waals surface area contributed by atoms with Crippen LogP contribution in [0.2, 0.25) is 0 Å². The van der Waals surface area contributed by atoms with E-state index in [0.717, 1.165) is 18.4 Å². The summed E-state index contributed by atoms with van der Waals surface area (Å²) in [6.45, 7) is 6.42. The highest BCUT2D eigenvalue weighted by molar-refractivity contribution is 5.79. The molecule has 0 unspecified atom stereocenters. The number of nitriles is 1. The monoisotopic (exact) mass is 426 g/mol. The second kappa shape index (κ2) is 8.00. The Labute approximate surface area is 180 Å². The average Bonchev–Trinajstić information content (AvgIpc) is 3.45. The summed E-state index contributed by atoms with van der Waals surface area (Å²) in [6, 6.07) is 5.08. The fourth-order valence-electron chi connectivity index (χ4n) is 4.79. The third kappa shape index (κ3) is 3.69. The molecule has 0 aromatic carbocycles. The molecule has 3 heterocycles. The Morgan fingerprint density at radius 2 is 2.26 bits per heavy atom. The van der Waals surface area contributed by atoms with Gasteiger partial charge in [-0.15, -0.1) is 0 Å². The summed E-state index contributed by atoms with van der Waals surface area (Å²) in [5.41, 5.74) is 0.128. The lowest BCUT2D eigenvalue weighted by atomic mass is 9.67. The first-order chi connectivity index (χ1) is 14.8. The van der Waals surface area contributed by atoms with Crippen molar-refractivity contribution in [1.29, 1.82) is 5.26 Å². The number of likely N-dealkylation sites (tertiary alicyclic amines) is 1. The third-order valence-corrected chi connectivity index (χ3v) is 7.26. The number of nitrogens with zero attached hydrogens (tertiary/aromatic N) is 5. The maximum atomic E-state index is 13.7. The van der Waals surface area contributed by atoms with E-state index < -0.39 is 12.2 Å². The van der Waals surface area contributed by atoms with Crippen LogP contribution in [0.4, 0.5) is 4.39 Å². The molecule has 4 atom stereocenters. The minimum atomic E-state index is -1.13. The van der Waals surface area contributed by atoms with Gasteiger partial charge in [0, 0.05) is 30.4 Å². The van der Waals surface area contributed by atoms with Crippen LogP contribution in [-0.2, 0) is 10.2 Å². The summed E-state index contributed by atoms with van der Waals surface area (Å²) in [5, 5.41) is 16.7. The van der Waals surface area contributed by atoms with Crippen LogP contribution < -0.4 is 5.32 Å². The number of carbonyl (C=O) groups is 1. The van der Waals surface area contributed by atoms with Crippen LogP contribution >= 0.6 is 0 Å². The van der Waals surface area contributed by atoms with Gasteiger partial charge in [0.25, 0.3) is 0 Å². The number of hydrogen-bond acceptors (Lipinski definition) is 7. The molecule has 2 aromatic rings. The summed E-state index contributed by atoms with van der Waals surface area (Å²) in [6.07, 6.45) is 3.99. The lowest BCUT2D eigenvalue weighted by Gasteiger charge is -2.39. The van der Waals surface area contributed by atoms with E-state index in [1.165, 1.54) is 4.90 Å². The number of hydrogen-bond donors (Lipinski definition) is 1. The zero-order valence-electron chi connectivity index (χ0n) is 18.0. The Morgan fingerprint density at radius 3 is 2.97 bits per heavy atom. The molecular weight excluding hydrogens is 399 g/mol. The Balaban J connectivity index is 1.45. The van der Waals surface area contributed by atoms with Crippen molar-refractivity contribution in [1.82, 2.24) is 25.3 Å². The van der Waals surface area contributed by atoms with Gasteiger partial charge in [-0.3, -0.25) is 9.78 Å². The lowest BCUT2D eigenvalue weighted by molar-refractivity contribution is -0.130. The summed E-state index contributed by atoms with van der Waals surface area (Å²) < 4.78 is 19.3. The van der Waals surface area contributed by atoms with Crippen LogP contribution in [0.1, 0.15) is 45.9 Å². The molecule has 31 heavy (non-hydrogen) atoms. The van der Waals surface area contributed by atoms with Crippen molar-refractivity contribution < 1.29 is 13.7 Å². The van der Waals surface area contributed by atoms with E-state index in [1.54, 1.807) is 12.4 Å².